The summed E-state index contributed by atoms with van der Waals surface area (Å²) in [5, 5.41) is 0. The van der Waals surface area contributed by atoms with Crippen LogP contribution in [-0.4, -0.2) is 6.29 Å². The van der Waals surface area contributed by atoms with Gasteiger partial charge in [0.05, 0.1) is 0 Å². The highest BCUT2D eigenvalue weighted by atomic mass is 16.1. The van der Waals surface area contributed by atoms with Crippen LogP contribution in [-0.2, 0) is 4.79 Å². The van der Waals surface area contributed by atoms with Crippen LogP contribution in [0.15, 0.2) is 47.1 Å². The molecular weight excluding hydrogens is 256 g/mol. The van der Waals surface area contributed by atoms with E-state index in [2.05, 4.69) is 65.0 Å². The van der Waals surface area contributed by atoms with Gasteiger partial charge in [-0.2, -0.15) is 0 Å². The van der Waals surface area contributed by atoms with Crippen LogP contribution in [0, 0.1) is 11.3 Å². The summed E-state index contributed by atoms with van der Waals surface area (Å²) in [6.07, 6.45) is 16.1. The summed E-state index contributed by atoms with van der Waals surface area (Å²) >= 11 is 0. The molecule has 0 amide bonds. The van der Waals surface area contributed by atoms with Gasteiger partial charge in [-0.05, 0) is 50.0 Å². The van der Waals surface area contributed by atoms with Gasteiger partial charge >= 0.3 is 0 Å². The second-order valence-electron chi connectivity index (χ2n) is 6.94. The van der Waals surface area contributed by atoms with Gasteiger partial charge < -0.3 is 4.79 Å². The first-order valence-electron chi connectivity index (χ1n) is 8.04. The third-order valence-electron chi connectivity index (χ3n) is 4.32. The van der Waals surface area contributed by atoms with Crippen molar-refractivity contribution < 1.29 is 4.79 Å². The quantitative estimate of drug-likeness (QED) is 0.445. The standard InChI is InChI=1S/C20H30O/c1-16(8-6-9-17(2)13-15-21)11-12-19-18(3)10-7-14-20(19,4)5/h6,8-9,11-12,15,17H,7,10,13-14H2,1-5H3/b9-6+,12-11+,16-8-. The van der Waals surface area contributed by atoms with E-state index in [-0.39, 0.29) is 0 Å². The molecule has 0 bridgehead atoms. The zero-order chi connectivity index (χ0) is 15.9. The fourth-order valence-electron chi connectivity index (χ4n) is 2.91. The first kappa shape index (κ1) is 17.7. The topological polar surface area (TPSA) is 17.1 Å². The summed E-state index contributed by atoms with van der Waals surface area (Å²) in [4.78, 5) is 10.4. The lowest BCUT2D eigenvalue weighted by atomic mass is 9.72. The lowest BCUT2D eigenvalue weighted by Gasteiger charge is -2.32. The van der Waals surface area contributed by atoms with Gasteiger partial charge in [-0.15, -0.1) is 0 Å². The Labute approximate surface area is 130 Å². The van der Waals surface area contributed by atoms with Crippen LogP contribution >= 0.6 is 0 Å². The predicted octanol–water partition coefficient (Wildman–Crippen LogP) is 5.80. The molecular formula is C20H30O. The molecule has 1 aliphatic rings. The summed E-state index contributed by atoms with van der Waals surface area (Å²) in [5.41, 5.74) is 4.57. The van der Waals surface area contributed by atoms with Crippen LogP contribution in [0.5, 0.6) is 0 Å². The molecule has 1 atom stereocenters. The molecule has 0 aliphatic heterocycles. The molecule has 0 aromatic carbocycles. The molecule has 1 aliphatic carbocycles. The largest absolute Gasteiger partial charge is 0.303 e. The molecule has 0 N–H and O–H groups in total. The number of hydrogen-bond donors (Lipinski definition) is 0. The molecule has 21 heavy (non-hydrogen) atoms. The number of allylic oxidation sites excluding steroid dienone is 8. The maximum atomic E-state index is 10.4. The van der Waals surface area contributed by atoms with Crippen molar-refractivity contribution in [2.24, 2.45) is 11.3 Å². The number of carbonyl (C=O) groups excluding carboxylic acids is 1. The van der Waals surface area contributed by atoms with E-state index in [1.807, 2.05) is 0 Å². The van der Waals surface area contributed by atoms with Crippen molar-refractivity contribution in [2.45, 2.75) is 60.3 Å². The average Bonchev–Trinajstić information content (AvgIpc) is 2.37. The minimum absolute atomic E-state index is 0.299. The highest BCUT2D eigenvalue weighted by molar-refractivity contribution is 5.50. The molecule has 1 unspecified atom stereocenters. The summed E-state index contributed by atoms with van der Waals surface area (Å²) in [6.45, 7) is 11.1. The monoisotopic (exact) mass is 286 g/mol. The van der Waals surface area contributed by atoms with Crippen molar-refractivity contribution in [3.8, 4) is 0 Å². The summed E-state index contributed by atoms with van der Waals surface area (Å²) in [7, 11) is 0. The van der Waals surface area contributed by atoms with Crippen LogP contribution in [0.4, 0.5) is 0 Å². The lowest BCUT2D eigenvalue weighted by Crippen LogP contribution is -2.19. The molecule has 0 saturated carbocycles. The van der Waals surface area contributed by atoms with E-state index < -0.39 is 0 Å². The smallest absolute Gasteiger partial charge is 0.120 e. The Balaban J connectivity index is 2.73. The zero-order valence-electron chi connectivity index (χ0n) is 14.3. The van der Waals surface area contributed by atoms with Gasteiger partial charge in [0.2, 0.25) is 0 Å². The highest BCUT2D eigenvalue weighted by Gasteiger charge is 2.26. The average molecular weight is 286 g/mol. The van der Waals surface area contributed by atoms with Crippen molar-refractivity contribution in [1.29, 1.82) is 0 Å². The van der Waals surface area contributed by atoms with Gasteiger partial charge in [0.25, 0.3) is 0 Å². The Hall–Kier alpha value is -1.37. The van der Waals surface area contributed by atoms with Gasteiger partial charge in [0.1, 0.15) is 6.29 Å². The molecule has 0 radical (unpaired) electrons. The predicted molar refractivity (Wildman–Crippen MR) is 92.2 cm³/mol. The van der Waals surface area contributed by atoms with Crippen molar-refractivity contribution in [3.05, 3.63) is 47.1 Å². The molecule has 1 heteroatoms. The van der Waals surface area contributed by atoms with Crippen molar-refractivity contribution in [2.75, 3.05) is 0 Å². The van der Waals surface area contributed by atoms with E-state index in [1.54, 1.807) is 0 Å². The first-order valence-corrected chi connectivity index (χ1v) is 8.04. The third kappa shape index (κ3) is 5.87. The van der Waals surface area contributed by atoms with E-state index in [0.29, 0.717) is 17.8 Å². The fraction of sp³-hybridized carbons (Fsp3) is 0.550. The van der Waals surface area contributed by atoms with Gasteiger partial charge in [-0.25, -0.2) is 0 Å². The lowest BCUT2D eigenvalue weighted by molar-refractivity contribution is -0.108. The second kappa shape index (κ2) is 8.17. The first-order chi connectivity index (χ1) is 9.86. The Morgan fingerprint density at radius 1 is 1.38 bits per heavy atom. The van der Waals surface area contributed by atoms with Gasteiger partial charge in [-0.3, -0.25) is 0 Å². The van der Waals surface area contributed by atoms with Crippen LogP contribution in [0.25, 0.3) is 0 Å². The summed E-state index contributed by atoms with van der Waals surface area (Å²) in [6, 6.07) is 0. The maximum absolute atomic E-state index is 10.4. The molecule has 0 fully saturated rings. The fourth-order valence-corrected chi connectivity index (χ4v) is 2.91. The molecule has 1 nitrogen and oxygen atoms in total. The van der Waals surface area contributed by atoms with Crippen LogP contribution < -0.4 is 0 Å². The highest BCUT2D eigenvalue weighted by Crippen LogP contribution is 2.40. The minimum atomic E-state index is 0.299. The van der Waals surface area contributed by atoms with E-state index in [4.69, 9.17) is 0 Å². The number of carbonyl (C=O) groups is 1. The van der Waals surface area contributed by atoms with E-state index in [0.717, 1.165) is 6.29 Å². The molecule has 0 spiro atoms. The number of hydrogen-bond acceptors (Lipinski definition) is 1. The Bertz CT molecular complexity index is 472. The van der Waals surface area contributed by atoms with E-state index in [1.165, 1.54) is 36.0 Å². The van der Waals surface area contributed by atoms with Crippen molar-refractivity contribution in [3.63, 3.8) is 0 Å². The molecule has 1 rings (SSSR count). The van der Waals surface area contributed by atoms with Gasteiger partial charge in [0.15, 0.2) is 0 Å². The second-order valence-corrected chi connectivity index (χ2v) is 6.94. The molecule has 0 aromatic rings. The zero-order valence-corrected chi connectivity index (χ0v) is 14.3. The number of aldehydes is 1. The summed E-state index contributed by atoms with van der Waals surface area (Å²) in [5.74, 6) is 0.317. The Morgan fingerprint density at radius 3 is 2.71 bits per heavy atom. The maximum Gasteiger partial charge on any atom is 0.120 e. The molecule has 0 aromatic heterocycles. The Morgan fingerprint density at radius 2 is 2.10 bits per heavy atom. The number of rotatable bonds is 6. The molecule has 116 valence electrons. The minimum Gasteiger partial charge on any atom is -0.303 e. The SMILES string of the molecule is CC1=C(/C=C/C(C)=C\C=C\C(C)CC=O)C(C)(C)CCC1. The normalized spacial score (nSPS) is 21.3. The molecule has 0 heterocycles. The van der Waals surface area contributed by atoms with Crippen molar-refractivity contribution in [1.82, 2.24) is 0 Å². The van der Waals surface area contributed by atoms with Gasteiger partial charge in [0, 0.05) is 6.42 Å². The molecule has 0 saturated heterocycles. The van der Waals surface area contributed by atoms with Gasteiger partial charge in [-0.1, -0.05) is 62.3 Å². The third-order valence-corrected chi connectivity index (χ3v) is 4.32. The van der Waals surface area contributed by atoms with Crippen LogP contribution in [0.1, 0.15) is 60.3 Å². The van der Waals surface area contributed by atoms with E-state index >= 15 is 0 Å². The van der Waals surface area contributed by atoms with E-state index in [9.17, 15) is 4.79 Å². The summed E-state index contributed by atoms with van der Waals surface area (Å²) < 4.78 is 0. The van der Waals surface area contributed by atoms with Crippen LogP contribution in [0.3, 0.4) is 0 Å². The van der Waals surface area contributed by atoms with Crippen LogP contribution in [0.2, 0.25) is 0 Å². The van der Waals surface area contributed by atoms with Crippen molar-refractivity contribution >= 4 is 6.29 Å². The Kier molecular flexibility index (Phi) is 6.87.